The third-order valence-electron chi connectivity index (χ3n) is 4.60. The molecule has 1 aromatic rings. The lowest BCUT2D eigenvalue weighted by atomic mass is 10.1. The molecule has 0 saturated carbocycles. The van der Waals surface area contributed by atoms with Crippen LogP contribution in [-0.4, -0.2) is 77.1 Å². The summed E-state index contributed by atoms with van der Waals surface area (Å²) in [6.45, 7) is 9.77. The summed E-state index contributed by atoms with van der Waals surface area (Å²) in [7, 11) is 3.79. The first-order chi connectivity index (χ1) is 13.7. The Labute approximate surface area is 169 Å². The van der Waals surface area contributed by atoms with Crippen LogP contribution in [-0.2, 0) is 11.2 Å². The number of nitrogens with zero attached hydrogens (tertiary/aromatic N) is 2. The number of ether oxygens (including phenoxy) is 3. The molecule has 1 atom stereocenters. The molecule has 158 valence electrons. The van der Waals surface area contributed by atoms with Crippen molar-refractivity contribution in [2.45, 2.75) is 32.8 Å². The zero-order valence-corrected chi connectivity index (χ0v) is 17.8. The number of nitrogens with one attached hydrogen (secondary N) is 2. The number of benzene rings is 1. The van der Waals surface area contributed by atoms with Gasteiger partial charge in [-0.1, -0.05) is 6.07 Å². The number of aryl methyl sites for hydroxylation is 1. The molecule has 0 radical (unpaired) electrons. The van der Waals surface area contributed by atoms with Crippen LogP contribution in [0, 0.1) is 0 Å². The third-order valence-corrected chi connectivity index (χ3v) is 4.60. The molecule has 0 bridgehead atoms. The maximum Gasteiger partial charge on any atom is 0.191 e. The second-order valence-electron chi connectivity index (χ2n) is 6.92. The Morgan fingerprint density at radius 3 is 2.86 bits per heavy atom. The fraction of sp³-hybridized carbons (Fsp3) is 0.667. The van der Waals surface area contributed by atoms with E-state index in [1.54, 1.807) is 7.11 Å². The molecule has 1 unspecified atom stereocenters. The Kier molecular flexibility index (Phi) is 9.93. The van der Waals surface area contributed by atoms with Crippen LogP contribution in [0.1, 0.15) is 25.8 Å². The molecule has 28 heavy (non-hydrogen) atoms. The van der Waals surface area contributed by atoms with E-state index in [-0.39, 0.29) is 6.10 Å². The van der Waals surface area contributed by atoms with Crippen molar-refractivity contribution in [1.82, 2.24) is 15.5 Å². The van der Waals surface area contributed by atoms with Gasteiger partial charge in [0.2, 0.25) is 0 Å². The molecule has 7 nitrogen and oxygen atoms in total. The van der Waals surface area contributed by atoms with Gasteiger partial charge >= 0.3 is 0 Å². The van der Waals surface area contributed by atoms with Crippen molar-refractivity contribution >= 4 is 5.96 Å². The molecule has 2 N–H and O–H groups in total. The van der Waals surface area contributed by atoms with Crippen LogP contribution in [0.5, 0.6) is 11.5 Å². The van der Waals surface area contributed by atoms with E-state index in [0.29, 0.717) is 13.2 Å². The first kappa shape index (κ1) is 22.3. The summed E-state index contributed by atoms with van der Waals surface area (Å²) in [4.78, 5) is 6.97. The van der Waals surface area contributed by atoms with Gasteiger partial charge in [-0.2, -0.15) is 0 Å². The largest absolute Gasteiger partial charge is 0.493 e. The van der Waals surface area contributed by atoms with Crippen LogP contribution in [0.4, 0.5) is 0 Å². The number of rotatable bonds is 10. The molecule has 1 saturated heterocycles. The van der Waals surface area contributed by atoms with E-state index in [1.807, 2.05) is 13.0 Å². The van der Waals surface area contributed by atoms with Gasteiger partial charge in [-0.05, 0) is 51.4 Å². The lowest BCUT2D eigenvalue weighted by Gasteiger charge is -2.29. The minimum absolute atomic E-state index is 0.172. The molecule has 1 heterocycles. The molecule has 0 amide bonds. The van der Waals surface area contributed by atoms with Gasteiger partial charge in [-0.25, -0.2) is 0 Å². The van der Waals surface area contributed by atoms with E-state index in [4.69, 9.17) is 14.2 Å². The van der Waals surface area contributed by atoms with Gasteiger partial charge in [-0.3, -0.25) is 4.99 Å². The average molecular weight is 393 g/mol. The molecule has 2 rings (SSSR count). The summed E-state index contributed by atoms with van der Waals surface area (Å²) in [5.41, 5.74) is 1.24. The Hall–Kier alpha value is -1.99. The van der Waals surface area contributed by atoms with Crippen LogP contribution in [0.2, 0.25) is 0 Å². The maximum atomic E-state index is 5.78. The summed E-state index contributed by atoms with van der Waals surface area (Å²) in [6.07, 6.45) is 2.14. The highest BCUT2D eigenvalue weighted by Crippen LogP contribution is 2.28. The molecular weight excluding hydrogens is 356 g/mol. The number of hydrogen-bond donors (Lipinski definition) is 2. The lowest BCUT2D eigenvalue weighted by molar-refractivity contribution is -0.0136. The van der Waals surface area contributed by atoms with Crippen molar-refractivity contribution in [3.63, 3.8) is 0 Å². The zero-order valence-electron chi connectivity index (χ0n) is 17.8. The van der Waals surface area contributed by atoms with Gasteiger partial charge in [0, 0.05) is 26.2 Å². The van der Waals surface area contributed by atoms with E-state index in [2.05, 4.69) is 46.6 Å². The predicted octanol–water partition coefficient (Wildman–Crippen LogP) is 1.91. The van der Waals surface area contributed by atoms with Crippen LogP contribution < -0.4 is 20.1 Å². The third kappa shape index (κ3) is 7.56. The highest BCUT2D eigenvalue weighted by molar-refractivity contribution is 5.79. The van der Waals surface area contributed by atoms with E-state index in [0.717, 1.165) is 63.1 Å². The van der Waals surface area contributed by atoms with Gasteiger partial charge < -0.3 is 29.7 Å². The molecule has 1 fully saturated rings. The van der Waals surface area contributed by atoms with Gasteiger partial charge in [0.05, 0.1) is 33.0 Å². The van der Waals surface area contributed by atoms with E-state index in [1.165, 1.54) is 5.56 Å². The number of hydrogen-bond acceptors (Lipinski definition) is 5. The van der Waals surface area contributed by atoms with E-state index >= 15 is 0 Å². The molecule has 1 aliphatic rings. The molecule has 1 aliphatic heterocycles. The van der Waals surface area contributed by atoms with E-state index < -0.39 is 0 Å². The summed E-state index contributed by atoms with van der Waals surface area (Å²) in [6, 6.07) is 6.14. The zero-order chi connectivity index (χ0) is 20.2. The molecule has 0 spiro atoms. The number of guanidine groups is 1. The summed E-state index contributed by atoms with van der Waals surface area (Å²) in [5, 5.41) is 6.72. The first-order valence-corrected chi connectivity index (χ1v) is 10.3. The second kappa shape index (κ2) is 12.5. The van der Waals surface area contributed by atoms with Crippen LogP contribution >= 0.6 is 0 Å². The maximum absolute atomic E-state index is 5.78. The number of likely N-dealkylation sites (N-methyl/N-ethyl adjacent to an activating group) is 1. The molecule has 0 aliphatic carbocycles. The highest BCUT2D eigenvalue weighted by Gasteiger charge is 2.17. The SMILES string of the molecule is CCNC(=NCC1CN(C)CCO1)NCCCc1ccc(OC)c(OCC)c1. The number of aliphatic imine (C=N–C) groups is 1. The van der Waals surface area contributed by atoms with Gasteiger partial charge in [-0.15, -0.1) is 0 Å². The van der Waals surface area contributed by atoms with Crippen molar-refractivity contribution in [2.24, 2.45) is 4.99 Å². The van der Waals surface area contributed by atoms with Crippen LogP contribution in [0.25, 0.3) is 0 Å². The summed E-state index contributed by atoms with van der Waals surface area (Å²) >= 11 is 0. The monoisotopic (exact) mass is 392 g/mol. The topological polar surface area (TPSA) is 67.4 Å². The molecule has 1 aromatic carbocycles. The van der Waals surface area contributed by atoms with Crippen molar-refractivity contribution in [3.8, 4) is 11.5 Å². The van der Waals surface area contributed by atoms with Crippen molar-refractivity contribution in [3.05, 3.63) is 23.8 Å². The fourth-order valence-corrected chi connectivity index (χ4v) is 3.16. The smallest absolute Gasteiger partial charge is 0.191 e. The second-order valence-corrected chi connectivity index (χ2v) is 6.92. The highest BCUT2D eigenvalue weighted by atomic mass is 16.5. The van der Waals surface area contributed by atoms with Crippen molar-refractivity contribution in [1.29, 1.82) is 0 Å². The molecule has 7 heteroatoms. The average Bonchev–Trinajstić information content (AvgIpc) is 2.70. The first-order valence-electron chi connectivity index (χ1n) is 10.3. The predicted molar refractivity (Wildman–Crippen MR) is 114 cm³/mol. The molecule has 0 aromatic heterocycles. The minimum atomic E-state index is 0.172. The van der Waals surface area contributed by atoms with E-state index in [9.17, 15) is 0 Å². The van der Waals surface area contributed by atoms with Crippen LogP contribution in [0.3, 0.4) is 0 Å². The lowest BCUT2D eigenvalue weighted by Crippen LogP contribution is -2.43. The Bertz CT molecular complexity index is 609. The Morgan fingerprint density at radius 2 is 2.14 bits per heavy atom. The van der Waals surface area contributed by atoms with Gasteiger partial charge in [0.15, 0.2) is 17.5 Å². The number of morpholine rings is 1. The Balaban J connectivity index is 1.79. The minimum Gasteiger partial charge on any atom is -0.493 e. The normalized spacial score (nSPS) is 18.0. The summed E-state index contributed by atoms with van der Waals surface area (Å²) < 4.78 is 16.8. The molecular formula is C21H36N4O3. The summed E-state index contributed by atoms with van der Waals surface area (Å²) in [5.74, 6) is 2.44. The van der Waals surface area contributed by atoms with Gasteiger partial charge in [0.25, 0.3) is 0 Å². The fourth-order valence-electron chi connectivity index (χ4n) is 3.16. The number of methoxy groups -OCH3 is 1. The van der Waals surface area contributed by atoms with Gasteiger partial charge in [0.1, 0.15) is 0 Å². The van der Waals surface area contributed by atoms with Crippen molar-refractivity contribution in [2.75, 3.05) is 60.1 Å². The Morgan fingerprint density at radius 1 is 1.29 bits per heavy atom. The quantitative estimate of drug-likeness (QED) is 0.360. The van der Waals surface area contributed by atoms with Crippen molar-refractivity contribution < 1.29 is 14.2 Å². The standard InChI is InChI=1S/C21H36N4O3/c1-5-22-21(24-15-18-16-25(3)12-13-28-18)23-11-7-8-17-9-10-19(26-4)20(14-17)27-6-2/h9-10,14,18H,5-8,11-13,15-16H2,1-4H3,(H2,22,23,24). The van der Waals surface area contributed by atoms with Crippen LogP contribution in [0.15, 0.2) is 23.2 Å².